The van der Waals surface area contributed by atoms with Gasteiger partial charge in [0.25, 0.3) is 0 Å². The average Bonchev–Trinajstić information content (AvgIpc) is 2.23. The van der Waals surface area contributed by atoms with Crippen LogP contribution in [-0.2, 0) is 0 Å². The van der Waals surface area contributed by atoms with E-state index in [1.807, 2.05) is 19.1 Å². The monoisotopic (exact) mass is 222 g/mol. The molecule has 0 radical (unpaired) electrons. The van der Waals surface area contributed by atoms with Crippen molar-refractivity contribution in [2.75, 3.05) is 6.61 Å². The maximum atomic E-state index is 8.80. The molecule has 0 fully saturated rings. The van der Waals surface area contributed by atoms with Gasteiger partial charge in [-0.1, -0.05) is 36.8 Å². The first-order valence-corrected chi connectivity index (χ1v) is 6.12. The van der Waals surface area contributed by atoms with Crippen molar-refractivity contribution in [3.8, 4) is 0 Å². The minimum atomic E-state index is 0.153. The molecule has 0 aliphatic carbocycles. The zero-order valence-electron chi connectivity index (χ0n) is 11.2. The van der Waals surface area contributed by atoms with Gasteiger partial charge < -0.3 is 5.11 Å². The van der Waals surface area contributed by atoms with Crippen LogP contribution in [0.25, 0.3) is 0 Å². The fraction of sp³-hybridized carbons (Fsp3) is 0.600. The Hall–Kier alpha value is -0.820. The Balaban J connectivity index is 3.73. The minimum absolute atomic E-state index is 0.153. The highest BCUT2D eigenvalue weighted by Crippen LogP contribution is 2.12. The first-order valence-electron chi connectivity index (χ1n) is 6.12. The third-order valence-electron chi connectivity index (χ3n) is 2.52. The van der Waals surface area contributed by atoms with Crippen LogP contribution in [0, 0.1) is 5.92 Å². The predicted molar refractivity (Wildman–Crippen MR) is 72.4 cm³/mol. The van der Waals surface area contributed by atoms with Gasteiger partial charge in [-0.05, 0) is 51.5 Å². The van der Waals surface area contributed by atoms with Gasteiger partial charge in [-0.15, -0.1) is 0 Å². The SMILES string of the molecule is CC(C)=CCCC(C)CC=CC=C(C)CO. The highest BCUT2D eigenvalue weighted by molar-refractivity contribution is 5.10. The summed E-state index contributed by atoms with van der Waals surface area (Å²) in [5.74, 6) is 0.731. The third-order valence-corrected chi connectivity index (χ3v) is 2.52. The number of aliphatic hydroxyl groups excluding tert-OH is 1. The highest BCUT2D eigenvalue weighted by Gasteiger charge is 1.97. The van der Waals surface area contributed by atoms with E-state index in [4.69, 9.17) is 5.11 Å². The summed E-state index contributed by atoms with van der Waals surface area (Å²) in [6.45, 7) is 8.66. The number of hydrogen-bond donors (Lipinski definition) is 1. The van der Waals surface area contributed by atoms with E-state index in [1.165, 1.54) is 18.4 Å². The minimum Gasteiger partial charge on any atom is -0.392 e. The summed E-state index contributed by atoms with van der Waals surface area (Å²) in [6.07, 6.45) is 12.1. The van der Waals surface area contributed by atoms with Crippen LogP contribution in [0.2, 0.25) is 0 Å². The van der Waals surface area contributed by atoms with Gasteiger partial charge in [-0.2, -0.15) is 0 Å². The fourth-order valence-electron chi connectivity index (χ4n) is 1.37. The van der Waals surface area contributed by atoms with E-state index in [1.54, 1.807) is 0 Å². The lowest BCUT2D eigenvalue weighted by molar-refractivity contribution is 0.331. The van der Waals surface area contributed by atoms with Gasteiger partial charge in [0, 0.05) is 0 Å². The number of aliphatic hydroxyl groups is 1. The zero-order chi connectivity index (χ0) is 12.4. The van der Waals surface area contributed by atoms with Crippen molar-refractivity contribution >= 4 is 0 Å². The molecule has 1 heteroatoms. The molecule has 0 aliphatic rings. The van der Waals surface area contributed by atoms with Gasteiger partial charge in [0.2, 0.25) is 0 Å². The Labute approximate surface area is 101 Å². The maximum Gasteiger partial charge on any atom is 0.0642 e. The molecule has 0 saturated carbocycles. The molecular weight excluding hydrogens is 196 g/mol. The smallest absolute Gasteiger partial charge is 0.0642 e. The first kappa shape index (κ1) is 15.2. The van der Waals surface area contributed by atoms with E-state index in [2.05, 4.69) is 32.9 Å². The van der Waals surface area contributed by atoms with Crippen LogP contribution in [0.1, 0.15) is 47.0 Å². The largest absolute Gasteiger partial charge is 0.392 e. The van der Waals surface area contributed by atoms with E-state index < -0.39 is 0 Å². The van der Waals surface area contributed by atoms with Crippen LogP contribution in [0.4, 0.5) is 0 Å². The zero-order valence-corrected chi connectivity index (χ0v) is 11.2. The Bertz CT molecular complexity index is 255. The molecule has 0 aromatic carbocycles. The van der Waals surface area contributed by atoms with Gasteiger partial charge in [0.15, 0.2) is 0 Å². The second-order valence-electron chi connectivity index (χ2n) is 4.80. The third kappa shape index (κ3) is 9.72. The van der Waals surface area contributed by atoms with Crippen LogP contribution < -0.4 is 0 Å². The van der Waals surface area contributed by atoms with Gasteiger partial charge in [0.05, 0.1) is 6.61 Å². The summed E-state index contributed by atoms with van der Waals surface area (Å²) in [4.78, 5) is 0. The van der Waals surface area contributed by atoms with Gasteiger partial charge in [-0.3, -0.25) is 0 Å². The predicted octanol–water partition coefficient (Wildman–Crippen LogP) is 4.25. The van der Waals surface area contributed by atoms with Crippen molar-refractivity contribution in [1.82, 2.24) is 0 Å². The molecular formula is C15H26O. The molecule has 0 aromatic heterocycles. The van der Waals surface area contributed by atoms with Crippen LogP contribution in [0.5, 0.6) is 0 Å². The summed E-state index contributed by atoms with van der Waals surface area (Å²) in [5, 5.41) is 8.80. The van der Waals surface area contributed by atoms with Crippen molar-refractivity contribution in [2.45, 2.75) is 47.0 Å². The molecule has 0 aliphatic heterocycles. The van der Waals surface area contributed by atoms with Crippen molar-refractivity contribution in [3.63, 3.8) is 0 Å². The van der Waals surface area contributed by atoms with Gasteiger partial charge >= 0.3 is 0 Å². The van der Waals surface area contributed by atoms with E-state index in [0.29, 0.717) is 0 Å². The number of hydrogen-bond acceptors (Lipinski definition) is 1. The molecule has 1 N–H and O–H groups in total. The standard InChI is InChI=1S/C15H26O/c1-13(2)8-7-11-14(3)9-5-6-10-15(4)12-16/h5-6,8,10,14,16H,7,9,11-12H2,1-4H3. The van der Waals surface area contributed by atoms with E-state index in [0.717, 1.165) is 17.9 Å². The molecule has 1 unspecified atom stereocenters. The Kier molecular flexibility index (Phi) is 8.93. The molecule has 0 bridgehead atoms. The van der Waals surface area contributed by atoms with Crippen molar-refractivity contribution in [3.05, 3.63) is 35.5 Å². The van der Waals surface area contributed by atoms with E-state index in [-0.39, 0.29) is 6.61 Å². The number of allylic oxidation sites excluding steroid dienone is 5. The van der Waals surface area contributed by atoms with Crippen LogP contribution >= 0.6 is 0 Å². The first-order chi connectivity index (χ1) is 7.56. The summed E-state index contributed by atoms with van der Waals surface area (Å²) >= 11 is 0. The summed E-state index contributed by atoms with van der Waals surface area (Å²) in [5.41, 5.74) is 2.41. The molecule has 0 rings (SSSR count). The summed E-state index contributed by atoms with van der Waals surface area (Å²) in [7, 11) is 0. The Morgan fingerprint density at radius 3 is 2.50 bits per heavy atom. The lowest BCUT2D eigenvalue weighted by Crippen LogP contribution is -1.91. The lowest BCUT2D eigenvalue weighted by atomic mass is 10.0. The second kappa shape index (κ2) is 9.41. The quantitative estimate of drug-likeness (QED) is 0.504. The molecule has 1 atom stereocenters. The Morgan fingerprint density at radius 2 is 1.94 bits per heavy atom. The molecule has 0 saturated heterocycles. The van der Waals surface area contributed by atoms with Gasteiger partial charge in [-0.25, -0.2) is 0 Å². The van der Waals surface area contributed by atoms with Crippen LogP contribution in [0.3, 0.4) is 0 Å². The second-order valence-corrected chi connectivity index (χ2v) is 4.80. The topological polar surface area (TPSA) is 20.2 Å². The summed E-state index contributed by atoms with van der Waals surface area (Å²) in [6, 6.07) is 0. The highest BCUT2D eigenvalue weighted by atomic mass is 16.3. The molecule has 92 valence electrons. The van der Waals surface area contributed by atoms with Crippen molar-refractivity contribution in [1.29, 1.82) is 0 Å². The molecule has 0 spiro atoms. The average molecular weight is 222 g/mol. The lowest BCUT2D eigenvalue weighted by Gasteiger charge is -2.05. The molecule has 0 aromatic rings. The van der Waals surface area contributed by atoms with Crippen molar-refractivity contribution < 1.29 is 5.11 Å². The molecule has 0 amide bonds. The normalized spacial score (nSPS) is 14.2. The maximum absolute atomic E-state index is 8.80. The molecule has 1 nitrogen and oxygen atoms in total. The Morgan fingerprint density at radius 1 is 1.25 bits per heavy atom. The fourth-order valence-corrected chi connectivity index (χ4v) is 1.37. The number of rotatable bonds is 7. The molecule has 16 heavy (non-hydrogen) atoms. The van der Waals surface area contributed by atoms with E-state index >= 15 is 0 Å². The van der Waals surface area contributed by atoms with E-state index in [9.17, 15) is 0 Å². The van der Waals surface area contributed by atoms with Crippen LogP contribution in [-0.4, -0.2) is 11.7 Å². The van der Waals surface area contributed by atoms with Crippen molar-refractivity contribution in [2.24, 2.45) is 5.92 Å². The van der Waals surface area contributed by atoms with Gasteiger partial charge in [0.1, 0.15) is 0 Å². The van der Waals surface area contributed by atoms with Crippen LogP contribution in [0.15, 0.2) is 35.5 Å². The summed E-state index contributed by atoms with van der Waals surface area (Å²) < 4.78 is 0. The molecule has 0 heterocycles.